The van der Waals surface area contributed by atoms with Crippen molar-refractivity contribution < 1.29 is 14.7 Å². The highest BCUT2D eigenvalue weighted by Gasteiger charge is 2.22. The van der Waals surface area contributed by atoms with Crippen molar-refractivity contribution >= 4 is 33.5 Å². The second kappa shape index (κ2) is 5.85. The van der Waals surface area contributed by atoms with Crippen LogP contribution in [0, 0.1) is 6.92 Å². The molecular formula is C14H16BrN3O3. The van der Waals surface area contributed by atoms with Crippen molar-refractivity contribution in [2.75, 3.05) is 0 Å². The van der Waals surface area contributed by atoms with Crippen LogP contribution in [0.25, 0.3) is 5.65 Å². The van der Waals surface area contributed by atoms with Crippen LogP contribution >= 0.6 is 15.9 Å². The van der Waals surface area contributed by atoms with E-state index in [1.807, 2.05) is 19.9 Å². The third-order valence-electron chi connectivity index (χ3n) is 3.21. The smallest absolute Gasteiger partial charge is 0.325 e. The van der Waals surface area contributed by atoms with Crippen LogP contribution in [0.1, 0.15) is 35.6 Å². The molecule has 2 heterocycles. The molecule has 0 saturated carbocycles. The Balaban J connectivity index is 2.56. The lowest BCUT2D eigenvalue weighted by Gasteiger charge is -2.10. The minimum Gasteiger partial charge on any atom is -0.480 e. The Morgan fingerprint density at radius 3 is 2.76 bits per heavy atom. The fraction of sp³-hybridized carbons (Fsp3) is 0.357. The summed E-state index contributed by atoms with van der Waals surface area (Å²) in [7, 11) is 0. The lowest BCUT2D eigenvalue weighted by Crippen LogP contribution is -2.39. The number of aromatic nitrogens is 2. The van der Waals surface area contributed by atoms with Gasteiger partial charge in [0.25, 0.3) is 5.91 Å². The van der Waals surface area contributed by atoms with Crippen LogP contribution < -0.4 is 5.32 Å². The number of carboxylic acids is 1. The maximum Gasteiger partial charge on any atom is 0.325 e. The number of halogens is 1. The van der Waals surface area contributed by atoms with Crippen LogP contribution in [0.3, 0.4) is 0 Å². The van der Waals surface area contributed by atoms with Crippen LogP contribution in [0.4, 0.5) is 0 Å². The molecule has 6 nitrogen and oxygen atoms in total. The van der Waals surface area contributed by atoms with Crippen molar-refractivity contribution in [1.82, 2.24) is 14.7 Å². The molecule has 0 aliphatic carbocycles. The van der Waals surface area contributed by atoms with E-state index in [0.717, 1.165) is 10.0 Å². The van der Waals surface area contributed by atoms with Crippen molar-refractivity contribution in [1.29, 1.82) is 0 Å². The van der Waals surface area contributed by atoms with Crippen LogP contribution in [-0.4, -0.2) is 32.4 Å². The molecule has 0 aliphatic rings. The number of rotatable bonds is 4. The molecule has 0 bridgehead atoms. The molecule has 1 atom stereocenters. The number of aryl methyl sites for hydroxylation is 2. The Hall–Kier alpha value is -1.89. The maximum atomic E-state index is 12.4. The maximum absolute atomic E-state index is 12.4. The number of imidazole rings is 1. The predicted octanol–water partition coefficient (Wildman–Crippen LogP) is 2.17. The van der Waals surface area contributed by atoms with Gasteiger partial charge in [0.2, 0.25) is 0 Å². The number of nitrogens with zero attached hydrogens (tertiary/aromatic N) is 2. The highest BCUT2D eigenvalue weighted by molar-refractivity contribution is 9.10. The molecule has 1 unspecified atom stereocenters. The number of nitrogens with one attached hydrogen (secondary N) is 1. The zero-order chi connectivity index (χ0) is 15.7. The molecule has 112 valence electrons. The van der Waals surface area contributed by atoms with Gasteiger partial charge in [-0.2, -0.15) is 0 Å². The number of fused-ring (bicyclic) bond motifs is 1. The predicted molar refractivity (Wildman–Crippen MR) is 81.6 cm³/mol. The zero-order valence-electron chi connectivity index (χ0n) is 12.0. The molecule has 2 rings (SSSR count). The van der Waals surface area contributed by atoms with E-state index in [0.29, 0.717) is 23.5 Å². The number of carbonyl (C=O) groups excluding carboxylic acids is 1. The Morgan fingerprint density at radius 1 is 1.52 bits per heavy atom. The minimum absolute atomic E-state index is 0.380. The van der Waals surface area contributed by atoms with Gasteiger partial charge >= 0.3 is 5.97 Å². The van der Waals surface area contributed by atoms with E-state index in [-0.39, 0.29) is 0 Å². The van der Waals surface area contributed by atoms with E-state index in [1.165, 1.54) is 6.92 Å². The molecule has 2 N–H and O–H groups in total. The van der Waals surface area contributed by atoms with Gasteiger partial charge in [0.05, 0.1) is 5.69 Å². The van der Waals surface area contributed by atoms with Gasteiger partial charge in [0, 0.05) is 10.7 Å². The average Bonchev–Trinajstić information content (AvgIpc) is 2.77. The summed E-state index contributed by atoms with van der Waals surface area (Å²) in [6.07, 6.45) is 2.35. The summed E-state index contributed by atoms with van der Waals surface area (Å²) < 4.78 is 2.52. The lowest BCUT2D eigenvalue weighted by atomic mass is 10.2. The second-order valence-electron chi connectivity index (χ2n) is 4.83. The molecule has 0 aromatic carbocycles. The lowest BCUT2D eigenvalue weighted by molar-refractivity contribution is -0.138. The monoisotopic (exact) mass is 353 g/mol. The highest BCUT2D eigenvalue weighted by Crippen LogP contribution is 2.21. The Kier molecular flexibility index (Phi) is 4.32. The molecule has 7 heteroatoms. The number of hydrogen-bond donors (Lipinski definition) is 2. The minimum atomic E-state index is -1.08. The molecule has 21 heavy (non-hydrogen) atoms. The van der Waals surface area contributed by atoms with Crippen LogP contribution in [0.15, 0.2) is 16.7 Å². The average molecular weight is 354 g/mol. The summed E-state index contributed by atoms with van der Waals surface area (Å²) in [6.45, 7) is 5.24. The summed E-state index contributed by atoms with van der Waals surface area (Å²) in [5.41, 5.74) is 2.66. The number of amides is 1. The fourth-order valence-electron chi connectivity index (χ4n) is 2.13. The number of carbonyl (C=O) groups is 2. The fourth-order valence-corrected chi connectivity index (χ4v) is 2.68. The molecule has 0 aliphatic heterocycles. The molecule has 0 fully saturated rings. The van der Waals surface area contributed by atoms with Crippen LogP contribution in [0.2, 0.25) is 0 Å². The molecule has 2 aromatic rings. The van der Waals surface area contributed by atoms with E-state index < -0.39 is 17.9 Å². The first-order chi connectivity index (χ1) is 9.85. The first-order valence-electron chi connectivity index (χ1n) is 6.55. The third-order valence-corrected chi connectivity index (χ3v) is 3.64. The van der Waals surface area contributed by atoms with Crippen molar-refractivity contribution in [2.45, 2.75) is 33.2 Å². The Labute approximate surface area is 130 Å². The van der Waals surface area contributed by atoms with E-state index >= 15 is 0 Å². The van der Waals surface area contributed by atoms with Gasteiger partial charge < -0.3 is 10.4 Å². The van der Waals surface area contributed by atoms with Gasteiger partial charge in [-0.1, -0.05) is 6.92 Å². The number of pyridine rings is 1. The second-order valence-corrected chi connectivity index (χ2v) is 5.74. The molecule has 0 saturated heterocycles. The summed E-state index contributed by atoms with van der Waals surface area (Å²) in [6, 6.07) is 0.963. The van der Waals surface area contributed by atoms with Gasteiger partial charge in [0.1, 0.15) is 17.4 Å². The van der Waals surface area contributed by atoms with Crippen LogP contribution in [-0.2, 0) is 11.2 Å². The first-order valence-corrected chi connectivity index (χ1v) is 7.35. The van der Waals surface area contributed by atoms with Crippen molar-refractivity contribution in [3.05, 3.63) is 33.7 Å². The molecule has 2 aromatic heterocycles. The third kappa shape index (κ3) is 2.92. The topological polar surface area (TPSA) is 83.7 Å². The molecule has 0 spiro atoms. The van der Waals surface area contributed by atoms with E-state index in [9.17, 15) is 9.59 Å². The van der Waals surface area contributed by atoms with E-state index in [4.69, 9.17) is 5.11 Å². The normalized spacial score (nSPS) is 12.4. The van der Waals surface area contributed by atoms with Gasteiger partial charge in [-0.25, -0.2) is 4.98 Å². The Morgan fingerprint density at radius 2 is 2.19 bits per heavy atom. The number of carboxylic acid groups (broad SMARTS) is 1. The highest BCUT2D eigenvalue weighted by atomic mass is 79.9. The van der Waals surface area contributed by atoms with Crippen molar-refractivity contribution in [3.8, 4) is 0 Å². The van der Waals surface area contributed by atoms with Gasteiger partial charge in [-0.05, 0) is 47.8 Å². The summed E-state index contributed by atoms with van der Waals surface area (Å²) in [5.74, 6) is -1.51. The Bertz CT molecular complexity index is 724. The van der Waals surface area contributed by atoms with E-state index in [2.05, 4.69) is 26.2 Å². The number of aliphatic carboxylic acids is 1. The SMILES string of the molecule is CCc1nc2c(C)cc(Br)cn2c1C(=O)NC(C)C(=O)O. The van der Waals surface area contributed by atoms with Crippen molar-refractivity contribution in [3.63, 3.8) is 0 Å². The quantitative estimate of drug-likeness (QED) is 0.882. The molecule has 1 amide bonds. The zero-order valence-corrected chi connectivity index (χ0v) is 13.6. The van der Waals surface area contributed by atoms with Gasteiger partial charge in [-0.3, -0.25) is 14.0 Å². The standard InChI is InChI=1S/C14H16BrN3O3/c1-4-10-11(13(19)16-8(3)14(20)21)18-6-9(15)5-7(2)12(18)17-10/h5-6,8H,4H2,1-3H3,(H,16,19)(H,20,21). The van der Waals surface area contributed by atoms with Crippen LogP contribution in [0.5, 0.6) is 0 Å². The molecule has 0 radical (unpaired) electrons. The number of hydrogen-bond acceptors (Lipinski definition) is 3. The largest absolute Gasteiger partial charge is 0.480 e. The van der Waals surface area contributed by atoms with Crippen molar-refractivity contribution in [2.24, 2.45) is 0 Å². The summed E-state index contributed by atoms with van der Waals surface area (Å²) in [4.78, 5) is 27.8. The summed E-state index contributed by atoms with van der Waals surface area (Å²) >= 11 is 3.40. The van der Waals surface area contributed by atoms with Gasteiger partial charge in [0.15, 0.2) is 0 Å². The van der Waals surface area contributed by atoms with E-state index in [1.54, 1.807) is 10.6 Å². The first kappa shape index (κ1) is 15.5. The molecular weight excluding hydrogens is 338 g/mol. The van der Waals surface area contributed by atoms with Gasteiger partial charge in [-0.15, -0.1) is 0 Å². The summed E-state index contributed by atoms with van der Waals surface area (Å²) in [5, 5.41) is 11.4.